The fourth-order valence-corrected chi connectivity index (χ4v) is 8.81. The van der Waals surface area contributed by atoms with E-state index in [-0.39, 0.29) is 66.9 Å². The molecule has 0 aliphatic rings. The molecule has 2 aromatic carbocycles. The van der Waals surface area contributed by atoms with Gasteiger partial charge in [-0.15, -0.1) is 12.4 Å². The maximum absolute atomic E-state index is 12.5. The van der Waals surface area contributed by atoms with Crippen LogP contribution in [0, 0.1) is 34.1 Å². The van der Waals surface area contributed by atoms with Crippen molar-refractivity contribution in [3.8, 4) is 11.4 Å². The number of halogens is 4. The molecule has 0 aliphatic carbocycles. The Morgan fingerprint density at radius 1 is 0.531 bits per heavy atom. The summed E-state index contributed by atoms with van der Waals surface area (Å²) in [7, 11) is 7.36. The molecule has 0 fully saturated rings. The molecule has 7 heterocycles. The molecule has 0 spiro atoms. The molecule has 0 bridgehead atoms. The number of carbonyl (C=O) groups is 2. The highest BCUT2D eigenvalue weighted by molar-refractivity contribution is 6.31. The quantitative estimate of drug-likeness (QED) is 0.0187. The van der Waals surface area contributed by atoms with Gasteiger partial charge in [-0.3, -0.25) is 29.8 Å². The molecule has 0 radical (unpaired) electrons. The number of rotatable bonds is 24. The van der Waals surface area contributed by atoms with E-state index in [4.69, 9.17) is 66.7 Å². The van der Waals surface area contributed by atoms with E-state index in [0.29, 0.717) is 80.0 Å². The molecule has 7 aromatic heterocycles. The molecule has 0 amide bonds. The fourth-order valence-electron chi connectivity index (χ4n) is 8.33. The zero-order valence-electron chi connectivity index (χ0n) is 54.3. The van der Waals surface area contributed by atoms with Gasteiger partial charge in [-0.05, 0) is 123 Å². The van der Waals surface area contributed by atoms with E-state index in [1.807, 2.05) is 150 Å². The fraction of sp³-hybridized carbons (Fsp3) is 0.308. The summed E-state index contributed by atoms with van der Waals surface area (Å²) in [5.74, 6) is 3.28. The first-order valence-corrected chi connectivity index (χ1v) is 30.6. The van der Waals surface area contributed by atoms with Crippen molar-refractivity contribution in [3.05, 3.63) is 222 Å². The van der Waals surface area contributed by atoms with Gasteiger partial charge in [0.2, 0.25) is 0 Å². The number of pyridine rings is 5. The average molecular weight is 1400 g/mol. The van der Waals surface area contributed by atoms with Crippen molar-refractivity contribution < 1.29 is 39.9 Å². The summed E-state index contributed by atoms with van der Waals surface area (Å²) in [4.78, 5) is 70.1. The number of aromatic nitrogens is 9. The van der Waals surface area contributed by atoms with Crippen molar-refractivity contribution in [3.63, 3.8) is 0 Å². The van der Waals surface area contributed by atoms with Crippen molar-refractivity contribution in [2.75, 3.05) is 106 Å². The van der Waals surface area contributed by atoms with Crippen LogP contribution in [0.15, 0.2) is 152 Å². The van der Waals surface area contributed by atoms with Gasteiger partial charge in [0.25, 0.3) is 11.4 Å². The molecular weight excluding hydrogens is 1320 g/mol. The molecule has 0 unspecified atom stereocenters. The molecule has 0 saturated heterocycles. The number of nitrogens with zero attached hydrogens (tertiary/aromatic N) is 15. The van der Waals surface area contributed by atoms with Gasteiger partial charge >= 0.3 is 0 Å². The minimum Gasteiger partial charge on any atom is -0.397 e. The van der Waals surface area contributed by atoms with Gasteiger partial charge in [0.15, 0.2) is 0 Å². The number of aliphatic hydroxyl groups excluding tert-OH is 4. The second-order valence-corrected chi connectivity index (χ2v) is 22.2. The van der Waals surface area contributed by atoms with Crippen molar-refractivity contribution in [1.82, 2.24) is 44.5 Å². The van der Waals surface area contributed by atoms with E-state index in [0.717, 1.165) is 68.9 Å². The lowest BCUT2D eigenvalue weighted by Gasteiger charge is -2.16. The number of nitrogens with two attached hydrogens (primary N) is 2. The number of Topliss-reactive ketones (excluding diaryl/α,β-unsaturated/α-hetero) is 2. The van der Waals surface area contributed by atoms with Crippen molar-refractivity contribution in [2.24, 2.45) is 5.73 Å². The van der Waals surface area contributed by atoms with E-state index in [2.05, 4.69) is 35.1 Å². The highest BCUT2D eigenvalue weighted by Gasteiger charge is 2.14. The molecule has 0 atom stereocenters. The smallest absolute Gasteiger partial charge is 0.287 e. The van der Waals surface area contributed by atoms with E-state index >= 15 is 0 Å². The maximum Gasteiger partial charge on any atom is 0.287 e. The number of aliphatic hydroxyl groups is 4. The molecule has 0 aliphatic heterocycles. The minimum atomic E-state index is -0.524. The van der Waals surface area contributed by atoms with Crippen LogP contribution >= 0.6 is 47.2 Å². The third-order valence-electron chi connectivity index (χ3n) is 13.2. The lowest BCUT2D eigenvalue weighted by molar-refractivity contribution is -0.385. The zero-order valence-corrected chi connectivity index (χ0v) is 57.4. The Morgan fingerprint density at radius 2 is 0.927 bits per heavy atom. The number of ketones is 2. The summed E-state index contributed by atoms with van der Waals surface area (Å²) in [5.41, 5.74) is 19.1. The Labute approximate surface area is 578 Å². The molecule has 8 N–H and O–H groups in total. The lowest BCUT2D eigenvalue weighted by Crippen LogP contribution is -2.22. The SMILES string of the molecule is CC(=O)Cc1ccc(N(C)CCO)nc1.CN(CCO)c1ccc(N)cn1.CN(CCO)c1ccc([N+](=O)[O-])cn1.Cc1cc(CCC(=O)Cc2ccc(N(C)CCO)nc2)n(-c2cccc(Cl)c2)n1.Cc1cc(CN)n(-c2cccc(Cl)c2)n1.Cl.O=[N+]([O-])c1ccc(Cl)nc1. The standard InChI is InChI=1S/C22H25ClN4O2.C11H12ClN3.C11H16N2O2.C8H11N3O3.C8H13N3O.C5H3ClN2O2.ClH/c1-16-12-20(27(25-16)19-5-3-4-18(23)14-19)7-8-21(29)13-17-6-9-22(24-15-17)26(2)10-11-28;1-8-5-11(7-13)15(14-8)10-4-2-3-9(12)6-10;1-9(15)7-10-3-4-11(12-8-10)13(2)5-6-14;1-10(4-5-12)8-3-2-7(6-9-8)11(13)14;1-11(4-5-12)8-3-2-7(9)6-10-8;6-5-2-1-4(3-7-5)8(9)10;/h3-6,9,12,14-15,28H,7-8,10-11,13H2,1-2H3;2-6H,7,13H2,1H3;3-4,8,14H,5-7H2,1-2H3;2-3,6,12H,4-5H2,1H3;2-3,6,12H,4-5,9H2,1H3;1-3H;1H. The number of carbonyl (C=O) groups excluding carboxylic acids is 2. The molecule has 31 heteroatoms. The minimum absolute atomic E-state index is 0. The summed E-state index contributed by atoms with van der Waals surface area (Å²) in [6.45, 7) is 8.34. The van der Waals surface area contributed by atoms with Crippen LogP contribution in [0.2, 0.25) is 15.2 Å². The van der Waals surface area contributed by atoms with Crippen LogP contribution in [-0.2, 0) is 35.4 Å². The van der Waals surface area contributed by atoms with Crippen LogP contribution in [0.1, 0.15) is 47.2 Å². The van der Waals surface area contributed by atoms with E-state index in [1.54, 1.807) is 49.6 Å². The van der Waals surface area contributed by atoms with Gasteiger partial charge in [0, 0.05) is 120 Å². The van der Waals surface area contributed by atoms with E-state index < -0.39 is 9.85 Å². The monoisotopic (exact) mass is 1400 g/mol. The van der Waals surface area contributed by atoms with Crippen molar-refractivity contribution in [2.45, 2.75) is 53.0 Å². The number of hydrogen-bond acceptors (Lipinski definition) is 23. The van der Waals surface area contributed by atoms with Gasteiger partial charge < -0.3 is 51.5 Å². The van der Waals surface area contributed by atoms with Crippen LogP contribution < -0.4 is 31.1 Å². The van der Waals surface area contributed by atoms with Crippen LogP contribution in [0.3, 0.4) is 0 Å². The topological polar surface area (TPSA) is 366 Å². The summed E-state index contributed by atoms with van der Waals surface area (Å²) in [5, 5.41) is 66.0. The van der Waals surface area contributed by atoms with E-state index in [9.17, 15) is 29.8 Å². The molecule has 9 aromatic rings. The molecule has 9 rings (SSSR count). The summed E-state index contributed by atoms with van der Waals surface area (Å²) >= 11 is 17.4. The summed E-state index contributed by atoms with van der Waals surface area (Å²) < 4.78 is 3.67. The Morgan fingerprint density at radius 3 is 1.28 bits per heavy atom. The lowest BCUT2D eigenvalue weighted by atomic mass is 10.1. The predicted octanol–water partition coefficient (Wildman–Crippen LogP) is 8.91. The predicted molar refractivity (Wildman–Crippen MR) is 379 cm³/mol. The molecule has 27 nitrogen and oxygen atoms in total. The van der Waals surface area contributed by atoms with Crippen LogP contribution in [0.5, 0.6) is 0 Å². The molecule has 0 saturated carbocycles. The van der Waals surface area contributed by atoms with Gasteiger partial charge in [0.1, 0.15) is 52.4 Å². The third-order valence-corrected chi connectivity index (χ3v) is 13.9. The highest BCUT2D eigenvalue weighted by atomic mass is 35.5. The third kappa shape index (κ3) is 28.7. The zero-order chi connectivity index (χ0) is 70.0. The molecule has 514 valence electrons. The number of aryl methyl sites for hydroxylation is 3. The molecule has 96 heavy (non-hydrogen) atoms. The van der Waals surface area contributed by atoms with Gasteiger partial charge in [-0.25, -0.2) is 34.3 Å². The Hall–Kier alpha value is -9.29. The summed E-state index contributed by atoms with van der Waals surface area (Å²) in [6.07, 6.45) is 9.15. The number of anilines is 5. The van der Waals surface area contributed by atoms with E-state index in [1.165, 1.54) is 24.4 Å². The average Bonchev–Trinajstić information content (AvgIpc) is 1.71. The van der Waals surface area contributed by atoms with Crippen molar-refractivity contribution >= 4 is 99.1 Å². The summed E-state index contributed by atoms with van der Waals surface area (Å²) in [6, 6.07) is 35.8. The number of likely N-dealkylation sites (N-methyl/N-ethyl adjacent to an activating group) is 4. The van der Waals surface area contributed by atoms with Gasteiger partial charge in [-0.2, -0.15) is 10.2 Å². The van der Waals surface area contributed by atoms with Gasteiger partial charge in [-0.1, -0.05) is 59.1 Å². The Bertz CT molecular complexity index is 3780. The van der Waals surface area contributed by atoms with Crippen LogP contribution in [0.25, 0.3) is 11.4 Å². The largest absolute Gasteiger partial charge is 0.397 e. The Kier molecular flexibility index (Phi) is 36.2. The highest BCUT2D eigenvalue weighted by Crippen LogP contribution is 2.21. The van der Waals surface area contributed by atoms with Crippen LogP contribution in [-0.4, -0.2) is 167 Å². The molecular formula is C65H81Cl4N17O10. The second-order valence-electron chi connectivity index (χ2n) is 20.9. The van der Waals surface area contributed by atoms with Gasteiger partial charge in [0.05, 0.1) is 76.6 Å². The van der Waals surface area contributed by atoms with Crippen molar-refractivity contribution in [1.29, 1.82) is 0 Å². The first-order valence-electron chi connectivity index (χ1n) is 29.5. The maximum atomic E-state index is 12.5. The first-order chi connectivity index (χ1) is 45.4. The van der Waals surface area contributed by atoms with Crippen LogP contribution in [0.4, 0.5) is 40.3 Å². The normalized spacial score (nSPS) is 10.2. The number of nitrogen functional groups attached to an aromatic ring is 1. The number of benzene rings is 2. The Balaban J connectivity index is 0.000000312. The number of hydrogen-bond donors (Lipinski definition) is 6. The first kappa shape index (κ1) is 80.9. The second kappa shape index (κ2) is 42.9. The number of nitro groups is 2.